The van der Waals surface area contributed by atoms with Gasteiger partial charge in [-0.1, -0.05) is 27.4 Å². The Labute approximate surface area is 469 Å². The monoisotopic (exact) mass is 1070 g/mol. The first-order chi connectivity index (χ1) is 35.3. The molecule has 1 spiro atoms. The Morgan fingerprint density at radius 1 is 0.474 bits per heavy atom. The fraction of sp³-hybridized carbons (Fsp3) is 0.952. The van der Waals surface area contributed by atoms with Gasteiger partial charge in [-0.15, -0.1) is 0 Å². The molecule has 13 nitrogen and oxygen atoms in total. The van der Waals surface area contributed by atoms with Crippen LogP contribution in [0.25, 0.3) is 0 Å². The van der Waals surface area contributed by atoms with E-state index in [1.807, 2.05) is 0 Å². The molecule has 0 saturated carbocycles. The van der Waals surface area contributed by atoms with Crippen LogP contribution in [0.1, 0.15) is 182 Å². The second-order valence-corrected chi connectivity index (χ2v) is 30.1. The summed E-state index contributed by atoms with van der Waals surface area (Å²) in [6, 6.07) is 1.95. The molecule has 0 aromatic rings. The van der Waals surface area contributed by atoms with E-state index in [0.717, 1.165) is 82.3 Å². The van der Waals surface area contributed by atoms with Crippen molar-refractivity contribution < 1.29 is 15.0 Å². The number of hydrogen-bond donors (Lipinski definition) is 2. The molecule has 2 N–H and O–H groups in total. The molecule has 0 aliphatic carbocycles. The standard InChI is InChI=1S/C15H30N2.C14H26N2O2.C13H24N2O.C11H22N2.C10H22N2/c1-5-16-10-6-15(7-11-16)8-12-17(13-9-15)14(2,3)4;1-14(2,3)15-9-6-11(7-10-15)16-8-4-5-12(16)13(17)18;1-10(16)5-14-6-11-8-15(13(2,3)4)9-12(11)7-14;1-5-12-7-10-6-9(12)8-13(10)11(2,3)4;1-5-11-6-8-12(9-7-11)10(2,3)4/h5-13H2,1-4H3;11-12H,4-10H2,1-3H3,(H,17,18);11-12,16H,1,5-9H2,2-4H3;9-10H,5-8H2,1-4H3;5-9H2,1-4H3. The smallest absolute Gasteiger partial charge is 0.320 e. The van der Waals surface area contributed by atoms with Crippen LogP contribution in [0, 0.1) is 17.3 Å². The minimum Gasteiger partial charge on any atom is -0.512 e. The van der Waals surface area contributed by atoms with Gasteiger partial charge >= 0.3 is 5.97 Å². The van der Waals surface area contributed by atoms with Crippen molar-refractivity contribution in [2.45, 2.75) is 234 Å². The van der Waals surface area contributed by atoms with E-state index < -0.39 is 5.97 Å². The molecule has 9 aliphatic rings. The van der Waals surface area contributed by atoms with Crippen LogP contribution in [-0.4, -0.2) is 254 Å². The zero-order valence-electron chi connectivity index (χ0n) is 53.2. The molecule has 5 unspecified atom stereocenters. The van der Waals surface area contributed by atoms with Crippen LogP contribution in [-0.2, 0) is 4.79 Å². The third-order valence-corrected chi connectivity index (χ3v) is 19.9. The van der Waals surface area contributed by atoms with Crippen molar-refractivity contribution in [2.24, 2.45) is 17.3 Å². The number of rotatable bonds is 7. The lowest BCUT2D eigenvalue weighted by molar-refractivity contribution is -0.143. The van der Waals surface area contributed by atoms with Crippen molar-refractivity contribution in [1.82, 2.24) is 49.0 Å². The van der Waals surface area contributed by atoms with E-state index in [9.17, 15) is 15.0 Å². The maximum atomic E-state index is 11.2. The van der Waals surface area contributed by atoms with Crippen molar-refractivity contribution >= 4 is 5.97 Å². The normalized spacial score (nSPS) is 29.5. The quantitative estimate of drug-likeness (QED) is 0.238. The van der Waals surface area contributed by atoms with E-state index >= 15 is 0 Å². The van der Waals surface area contributed by atoms with Gasteiger partial charge in [-0.05, 0) is 231 Å². The molecule has 0 aromatic carbocycles. The number of aliphatic hydroxyl groups excluding tert-OH is 1. The van der Waals surface area contributed by atoms with E-state index in [4.69, 9.17) is 0 Å². The minimum absolute atomic E-state index is 0.226. The van der Waals surface area contributed by atoms with Gasteiger partial charge in [-0.2, -0.15) is 0 Å². The summed E-state index contributed by atoms with van der Waals surface area (Å²) in [5, 5.41) is 18.5. The first-order valence-electron chi connectivity index (χ1n) is 31.3. The van der Waals surface area contributed by atoms with Gasteiger partial charge < -0.3 is 20.0 Å². The number of aliphatic hydroxyl groups is 1. The summed E-state index contributed by atoms with van der Waals surface area (Å²) in [6.07, 6.45) is 11.2. The Bertz CT molecular complexity index is 1710. The minimum atomic E-state index is -0.634. The number of piperazine rings is 2. The zero-order valence-corrected chi connectivity index (χ0v) is 53.2. The summed E-state index contributed by atoms with van der Waals surface area (Å²) < 4.78 is 0. The van der Waals surface area contributed by atoms with Gasteiger partial charge in [0.15, 0.2) is 0 Å². The summed E-state index contributed by atoms with van der Waals surface area (Å²) in [5.74, 6) is 1.25. The van der Waals surface area contributed by atoms with E-state index in [0.29, 0.717) is 45.9 Å². The molecule has 9 heterocycles. The highest BCUT2D eigenvalue weighted by molar-refractivity contribution is 5.73. The highest BCUT2D eigenvalue weighted by Gasteiger charge is 2.47. The van der Waals surface area contributed by atoms with Gasteiger partial charge in [-0.25, -0.2) is 0 Å². The number of carboxylic acids is 1. The third-order valence-electron chi connectivity index (χ3n) is 19.9. The number of piperidine rings is 3. The van der Waals surface area contributed by atoms with Crippen molar-refractivity contribution in [3.63, 3.8) is 0 Å². The van der Waals surface area contributed by atoms with Crippen LogP contribution < -0.4 is 0 Å². The molecule has 76 heavy (non-hydrogen) atoms. The molecule has 9 saturated heterocycles. The molecule has 0 amide bonds. The Hall–Kier alpha value is -1.39. The van der Waals surface area contributed by atoms with Crippen LogP contribution in [0.3, 0.4) is 0 Å². The average molecular weight is 1070 g/mol. The molecule has 5 atom stereocenters. The molecule has 444 valence electrons. The summed E-state index contributed by atoms with van der Waals surface area (Å²) in [7, 11) is 0. The molecule has 13 heteroatoms. The van der Waals surface area contributed by atoms with Crippen LogP contribution in [0.5, 0.6) is 0 Å². The second kappa shape index (κ2) is 27.6. The Kier molecular flexibility index (Phi) is 23.7. The number of nitrogens with zero attached hydrogens (tertiary/aromatic N) is 10. The molecule has 9 rings (SSSR count). The number of carboxylic acid groups (broad SMARTS) is 1. The summed E-state index contributed by atoms with van der Waals surface area (Å²) in [6.45, 7) is 70.0. The SMILES string of the molecule is C=C(O)CN1CC2CN(C(C)(C)C)CC2C1.CC(C)(C)N1CCC(N2CCCC2C(=O)O)CC1.CCN1CC2CC1CN2C(C)(C)C.CCN1CCC2(CC1)CCN(C(C)(C)C)CC2.CCN1CCN(C(C)(C)C)CC1. The number of fused-ring (bicyclic) bond motifs is 3. The van der Waals surface area contributed by atoms with Gasteiger partial charge in [0.25, 0.3) is 0 Å². The topological polar surface area (TPSA) is 89.9 Å². The first-order valence-corrected chi connectivity index (χ1v) is 31.3. The zero-order chi connectivity index (χ0) is 56.6. The molecule has 0 aromatic heterocycles. The molecular formula is C63H124N10O3. The number of likely N-dealkylation sites (N-methyl/N-ethyl adjacent to an activating group) is 2. The van der Waals surface area contributed by atoms with E-state index in [2.05, 4.69) is 180 Å². The van der Waals surface area contributed by atoms with Crippen molar-refractivity contribution in [1.29, 1.82) is 0 Å². The van der Waals surface area contributed by atoms with Crippen LogP contribution in [0.15, 0.2) is 12.3 Å². The highest BCUT2D eigenvalue weighted by atomic mass is 16.4. The molecule has 2 bridgehead atoms. The Morgan fingerprint density at radius 2 is 0.934 bits per heavy atom. The Morgan fingerprint density at radius 3 is 1.34 bits per heavy atom. The van der Waals surface area contributed by atoms with Crippen LogP contribution >= 0.6 is 0 Å². The highest BCUT2D eigenvalue weighted by Crippen LogP contribution is 2.43. The predicted molar refractivity (Wildman–Crippen MR) is 322 cm³/mol. The number of aliphatic carboxylic acids is 1. The van der Waals surface area contributed by atoms with Gasteiger partial charge in [0.2, 0.25) is 0 Å². The lowest BCUT2D eigenvalue weighted by Crippen LogP contribution is -2.53. The maximum absolute atomic E-state index is 11.2. The van der Waals surface area contributed by atoms with Crippen molar-refractivity contribution in [3.05, 3.63) is 12.3 Å². The largest absolute Gasteiger partial charge is 0.512 e. The maximum Gasteiger partial charge on any atom is 0.320 e. The third kappa shape index (κ3) is 18.8. The molecule has 9 fully saturated rings. The van der Waals surface area contributed by atoms with Crippen LogP contribution in [0.4, 0.5) is 0 Å². The molecule has 0 radical (unpaired) electrons. The fourth-order valence-corrected chi connectivity index (χ4v) is 14.6. The summed E-state index contributed by atoms with van der Waals surface area (Å²) in [5.41, 5.74) is 2.34. The lowest BCUT2D eigenvalue weighted by atomic mass is 9.70. The van der Waals surface area contributed by atoms with Crippen molar-refractivity contribution in [3.8, 4) is 0 Å². The number of carbonyl (C=O) groups is 1. The molecular weight excluding hydrogens is 945 g/mol. The van der Waals surface area contributed by atoms with Crippen LogP contribution in [0.2, 0.25) is 0 Å². The lowest BCUT2D eigenvalue weighted by Gasteiger charge is -2.49. The van der Waals surface area contributed by atoms with E-state index in [-0.39, 0.29) is 11.6 Å². The van der Waals surface area contributed by atoms with Gasteiger partial charge in [-0.3, -0.25) is 44.0 Å². The fourth-order valence-electron chi connectivity index (χ4n) is 14.6. The average Bonchev–Trinajstić information content (AvgIpc) is 4.20. The van der Waals surface area contributed by atoms with E-state index in [1.54, 1.807) is 0 Å². The predicted octanol–water partition coefficient (Wildman–Crippen LogP) is 9.49. The van der Waals surface area contributed by atoms with Crippen molar-refractivity contribution in [2.75, 3.05) is 137 Å². The first kappa shape index (κ1) is 65.4. The van der Waals surface area contributed by atoms with Gasteiger partial charge in [0.1, 0.15) is 6.04 Å². The second-order valence-electron chi connectivity index (χ2n) is 30.1. The van der Waals surface area contributed by atoms with E-state index in [1.165, 1.54) is 130 Å². The summed E-state index contributed by atoms with van der Waals surface area (Å²) >= 11 is 0. The number of hydrogen-bond acceptors (Lipinski definition) is 12. The van der Waals surface area contributed by atoms with Gasteiger partial charge in [0.05, 0.1) is 12.3 Å². The summed E-state index contributed by atoms with van der Waals surface area (Å²) in [4.78, 5) is 36.6. The van der Waals surface area contributed by atoms with Gasteiger partial charge in [0, 0.05) is 124 Å². The Balaban J connectivity index is 0.000000177. The molecule has 9 aliphatic heterocycles. The number of likely N-dealkylation sites (tertiary alicyclic amines) is 8.